The van der Waals surface area contributed by atoms with Crippen molar-refractivity contribution < 1.29 is 9.59 Å². The Morgan fingerprint density at radius 2 is 2.20 bits per heavy atom. The van der Waals surface area contributed by atoms with E-state index in [1.165, 1.54) is 13.3 Å². The molecule has 0 saturated heterocycles. The van der Waals surface area contributed by atoms with Crippen molar-refractivity contribution in [2.75, 3.05) is 5.32 Å². The van der Waals surface area contributed by atoms with Crippen LogP contribution in [0.4, 0.5) is 5.69 Å². The molecule has 0 radical (unpaired) electrons. The topological polar surface area (TPSA) is 76.9 Å². The van der Waals surface area contributed by atoms with Gasteiger partial charge in [0.2, 0.25) is 5.91 Å². The van der Waals surface area contributed by atoms with Crippen molar-refractivity contribution in [3.8, 4) is 0 Å². The average molecular weight is 272 g/mol. The zero-order valence-corrected chi connectivity index (χ0v) is 11.4. The first kappa shape index (κ1) is 13.9. The minimum atomic E-state index is -0.131. The molecule has 6 nitrogen and oxygen atoms in total. The number of hydrogen-bond acceptors (Lipinski definition) is 4. The summed E-state index contributed by atoms with van der Waals surface area (Å²) < 4.78 is 1.63. The molecule has 2 aromatic rings. The lowest BCUT2D eigenvalue weighted by Gasteiger charge is -2.11. The van der Waals surface area contributed by atoms with Gasteiger partial charge in [-0.2, -0.15) is 5.10 Å². The third-order valence-corrected chi connectivity index (χ3v) is 2.92. The van der Waals surface area contributed by atoms with Gasteiger partial charge in [-0.05, 0) is 26.0 Å². The van der Waals surface area contributed by atoms with Gasteiger partial charge < -0.3 is 5.32 Å². The Kier molecular flexibility index (Phi) is 4.24. The minimum Gasteiger partial charge on any atom is -0.326 e. The maximum absolute atomic E-state index is 11.9. The van der Waals surface area contributed by atoms with Crippen LogP contribution in [0.1, 0.15) is 36.7 Å². The first-order valence-electron chi connectivity index (χ1n) is 6.31. The molecule has 1 aromatic heterocycles. The van der Waals surface area contributed by atoms with Crippen molar-refractivity contribution in [1.82, 2.24) is 14.8 Å². The predicted octanol–water partition coefficient (Wildman–Crippen LogP) is 2.07. The molecule has 0 bridgehead atoms. The zero-order chi connectivity index (χ0) is 14.5. The van der Waals surface area contributed by atoms with E-state index in [1.54, 1.807) is 35.3 Å². The monoisotopic (exact) mass is 272 g/mol. The Hall–Kier alpha value is -2.50. The van der Waals surface area contributed by atoms with Crippen LogP contribution >= 0.6 is 0 Å². The molecule has 1 heterocycles. The maximum Gasteiger partial charge on any atom is 0.226 e. The van der Waals surface area contributed by atoms with Crippen molar-refractivity contribution in [2.45, 2.75) is 26.3 Å². The summed E-state index contributed by atoms with van der Waals surface area (Å²) >= 11 is 0. The predicted molar refractivity (Wildman–Crippen MR) is 74.4 cm³/mol. The van der Waals surface area contributed by atoms with E-state index in [4.69, 9.17) is 0 Å². The van der Waals surface area contributed by atoms with Gasteiger partial charge >= 0.3 is 0 Å². The molecule has 20 heavy (non-hydrogen) atoms. The Labute approximate surface area is 116 Å². The molecule has 0 aliphatic carbocycles. The van der Waals surface area contributed by atoms with E-state index in [2.05, 4.69) is 15.4 Å². The highest BCUT2D eigenvalue weighted by Gasteiger charge is 2.12. The number of carbonyl (C=O) groups is 2. The average Bonchev–Trinajstić information content (AvgIpc) is 2.92. The summed E-state index contributed by atoms with van der Waals surface area (Å²) in [7, 11) is 0. The quantitative estimate of drug-likeness (QED) is 0.845. The minimum absolute atomic E-state index is 0.0305. The Morgan fingerprint density at radius 1 is 1.40 bits per heavy atom. The number of Topliss-reactive ketones (excluding diaryl/α,β-unsaturated/α-hetero) is 1. The molecule has 0 saturated carbocycles. The number of aromatic nitrogens is 3. The van der Waals surface area contributed by atoms with Crippen LogP contribution in [0.5, 0.6) is 0 Å². The molecule has 1 atom stereocenters. The van der Waals surface area contributed by atoms with Crippen LogP contribution in [0.25, 0.3) is 0 Å². The van der Waals surface area contributed by atoms with Gasteiger partial charge in [0, 0.05) is 17.7 Å². The molecule has 104 valence electrons. The third-order valence-electron chi connectivity index (χ3n) is 2.92. The molecule has 1 aromatic carbocycles. The van der Waals surface area contributed by atoms with E-state index < -0.39 is 0 Å². The second-order valence-corrected chi connectivity index (χ2v) is 4.61. The fourth-order valence-corrected chi connectivity index (χ4v) is 1.83. The number of amides is 1. The van der Waals surface area contributed by atoms with Gasteiger partial charge in [-0.25, -0.2) is 9.67 Å². The molecule has 0 aliphatic heterocycles. The number of nitrogens with zero attached hydrogens (tertiary/aromatic N) is 3. The van der Waals surface area contributed by atoms with E-state index in [9.17, 15) is 9.59 Å². The van der Waals surface area contributed by atoms with Crippen molar-refractivity contribution in [3.05, 3.63) is 42.5 Å². The fraction of sp³-hybridized carbons (Fsp3) is 0.286. The number of benzene rings is 1. The van der Waals surface area contributed by atoms with E-state index in [1.807, 2.05) is 6.92 Å². The number of rotatable bonds is 5. The normalized spacial score (nSPS) is 11.9. The van der Waals surface area contributed by atoms with E-state index in [0.717, 1.165) is 0 Å². The van der Waals surface area contributed by atoms with Gasteiger partial charge in [-0.3, -0.25) is 9.59 Å². The second kappa shape index (κ2) is 6.10. The van der Waals surface area contributed by atoms with Crippen molar-refractivity contribution >= 4 is 17.4 Å². The van der Waals surface area contributed by atoms with Crippen LogP contribution in [0.15, 0.2) is 36.9 Å². The van der Waals surface area contributed by atoms with Gasteiger partial charge in [-0.15, -0.1) is 0 Å². The van der Waals surface area contributed by atoms with Crippen LogP contribution in [-0.2, 0) is 4.79 Å². The lowest BCUT2D eigenvalue weighted by molar-refractivity contribution is -0.116. The summed E-state index contributed by atoms with van der Waals surface area (Å²) in [5.74, 6) is -0.161. The van der Waals surface area contributed by atoms with Crippen LogP contribution in [0, 0.1) is 0 Å². The largest absolute Gasteiger partial charge is 0.326 e. The van der Waals surface area contributed by atoms with Crippen LogP contribution < -0.4 is 5.32 Å². The van der Waals surface area contributed by atoms with Crippen LogP contribution in [-0.4, -0.2) is 26.5 Å². The van der Waals surface area contributed by atoms with Gasteiger partial charge in [-0.1, -0.05) is 12.1 Å². The summed E-state index contributed by atoms with van der Waals surface area (Å²) in [5.41, 5.74) is 1.20. The van der Waals surface area contributed by atoms with Gasteiger partial charge in [0.15, 0.2) is 5.78 Å². The molecule has 0 spiro atoms. The van der Waals surface area contributed by atoms with Gasteiger partial charge in [0.05, 0.1) is 6.04 Å². The summed E-state index contributed by atoms with van der Waals surface area (Å²) in [4.78, 5) is 27.1. The highest BCUT2D eigenvalue weighted by Crippen LogP contribution is 2.14. The third kappa shape index (κ3) is 3.50. The lowest BCUT2D eigenvalue weighted by atomic mass is 10.1. The smallest absolute Gasteiger partial charge is 0.226 e. The molecule has 1 N–H and O–H groups in total. The number of ketones is 1. The van der Waals surface area contributed by atoms with Crippen LogP contribution in [0.3, 0.4) is 0 Å². The summed E-state index contributed by atoms with van der Waals surface area (Å²) in [6.45, 7) is 3.38. The number of carbonyl (C=O) groups excluding carboxylic acids is 2. The first-order valence-corrected chi connectivity index (χ1v) is 6.31. The van der Waals surface area contributed by atoms with Gasteiger partial charge in [0.1, 0.15) is 12.7 Å². The SMILES string of the molecule is CC(=O)c1cccc(NC(=O)CC(C)n2cncn2)c1. The Morgan fingerprint density at radius 3 is 2.85 bits per heavy atom. The molecule has 6 heteroatoms. The van der Waals surface area contributed by atoms with E-state index >= 15 is 0 Å². The van der Waals surface area contributed by atoms with Crippen molar-refractivity contribution in [1.29, 1.82) is 0 Å². The summed E-state index contributed by atoms with van der Waals surface area (Å²) in [5, 5.41) is 6.77. The number of nitrogens with one attached hydrogen (secondary N) is 1. The standard InChI is InChI=1S/C14H16N4O2/c1-10(18-9-15-8-16-18)6-14(20)17-13-5-3-4-12(7-13)11(2)19/h3-5,7-10H,6H2,1-2H3,(H,17,20). The maximum atomic E-state index is 11.9. The Balaban J connectivity index is 1.98. The number of anilines is 1. The molecule has 1 unspecified atom stereocenters. The molecular weight excluding hydrogens is 256 g/mol. The zero-order valence-electron chi connectivity index (χ0n) is 11.4. The lowest BCUT2D eigenvalue weighted by Crippen LogP contribution is -2.18. The fourth-order valence-electron chi connectivity index (χ4n) is 1.83. The number of hydrogen-bond donors (Lipinski definition) is 1. The second-order valence-electron chi connectivity index (χ2n) is 4.61. The summed E-state index contributed by atoms with van der Waals surface area (Å²) in [6, 6.07) is 6.81. The molecular formula is C14H16N4O2. The molecule has 0 fully saturated rings. The van der Waals surface area contributed by atoms with Gasteiger partial charge in [0.25, 0.3) is 0 Å². The Bertz CT molecular complexity index is 607. The highest BCUT2D eigenvalue weighted by molar-refractivity contribution is 5.97. The van der Waals surface area contributed by atoms with Crippen LogP contribution in [0.2, 0.25) is 0 Å². The highest BCUT2D eigenvalue weighted by atomic mass is 16.1. The van der Waals surface area contributed by atoms with Crippen molar-refractivity contribution in [3.63, 3.8) is 0 Å². The van der Waals surface area contributed by atoms with Crippen molar-refractivity contribution in [2.24, 2.45) is 0 Å². The molecule has 0 aliphatic rings. The van der Waals surface area contributed by atoms with E-state index in [-0.39, 0.29) is 24.2 Å². The van der Waals surface area contributed by atoms with E-state index in [0.29, 0.717) is 11.3 Å². The molecule has 1 amide bonds. The first-order chi connectivity index (χ1) is 9.56. The summed E-state index contributed by atoms with van der Waals surface area (Å²) in [6.07, 6.45) is 3.30. The molecule has 2 rings (SSSR count).